The fourth-order valence-electron chi connectivity index (χ4n) is 4.25. The largest absolute Gasteiger partial charge is 0.495 e. The van der Waals surface area contributed by atoms with E-state index in [0.717, 1.165) is 35.4 Å². The molecule has 5 rings (SSSR count). The van der Waals surface area contributed by atoms with Gasteiger partial charge in [0, 0.05) is 48.6 Å². The number of carbonyl (C=O) groups excluding carboxylic acids is 1. The second-order valence-corrected chi connectivity index (χ2v) is 9.16. The fourth-order valence-corrected chi connectivity index (χ4v) is 4.25. The smallest absolute Gasteiger partial charge is 0.256 e. The Hall–Kier alpha value is -4.15. The van der Waals surface area contributed by atoms with Crippen LogP contribution in [0, 0.1) is 0 Å². The average molecular weight is 502 g/mol. The molecule has 2 aliphatic rings. The molecule has 1 unspecified atom stereocenters. The average Bonchev–Trinajstić information content (AvgIpc) is 3.61. The van der Waals surface area contributed by atoms with E-state index in [4.69, 9.17) is 9.47 Å². The lowest BCUT2D eigenvalue weighted by Gasteiger charge is -2.31. The number of rotatable bonds is 10. The quantitative estimate of drug-likeness (QED) is 0.389. The first kappa shape index (κ1) is 24.5. The normalized spacial score (nSPS) is 16.6. The molecule has 1 atom stereocenters. The van der Waals surface area contributed by atoms with E-state index in [1.807, 2.05) is 55.7 Å². The van der Waals surface area contributed by atoms with Gasteiger partial charge >= 0.3 is 0 Å². The standard InChI is InChI=1S/C27H31N7O3/c1-33(2)11-13-36-22-6-7-25(28-18-22)32-27(35)20-5-3-4-19(14-20)15-31-34-10-8-23(21-16-29-30-17-21)26-24(34)9-12-37-26/h3-8,10,14,16-18,24,31H,9,11-13,15H2,1-2H3,(H,29,30)(H,28,32,35). The number of H-pyrrole nitrogens is 1. The highest BCUT2D eigenvalue weighted by Crippen LogP contribution is 2.34. The third-order valence-corrected chi connectivity index (χ3v) is 6.20. The third kappa shape index (κ3) is 5.99. The van der Waals surface area contributed by atoms with Gasteiger partial charge in [0.2, 0.25) is 0 Å². The second-order valence-electron chi connectivity index (χ2n) is 9.16. The van der Waals surface area contributed by atoms with Crippen LogP contribution in [0.4, 0.5) is 5.82 Å². The van der Waals surface area contributed by atoms with Crippen LogP contribution >= 0.6 is 0 Å². The first-order valence-corrected chi connectivity index (χ1v) is 12.3. The number of ether oxygens (including phenoxy) is 2. The van der Waals surface area contributed by atoms with Crippen LogP contribution in [0.15, 0.2) is 73.0 Å². The van der Waals surface area contributed by atoms with Gasteiger partial charge in [0.1, 0.15) is 30.0 Å². The zero-order valence-corrected chi connectivity index (χ0v) is 21.0. The molecule has 3 aromatic rings. The molecule has 10 heteroatoms. The maximum atomic E-state index is 12.8. The lowest BCUT2D eigenvalue weighted by Crippen LogP contribution is -2.42. The number of anilines is 1. The van der Waals surface area contributed by atoms with Crippen LogP contribution < -0.4 is 15.5 Å². The molecule has 3 N–H and O–H groups in total. The van der Waals surface area contributed by atoms with Gasteiger partial charge in [0.05, 0.1) is 19.0 Å². The van der Waals surface area contributed by atoms with Crippen molar-refractivity contribution in [3.05, 3.63) is 89.7 Å². The molecule has 2 aliphatic heterocycles. The van der Waals surface area contributed by atoms with Gasteiger partial charge in [-0.05, 0) is 50.0 Å². The maximum Gasteiger partial charge on any atom is 0.256 e. The summed E-state index contributed by atoms with van der Waals surface area (Å²) in [5.74, 6) is 1.88. The Morgan fingerprint density at radius 3 is 2.97 bits per heavy atom. The minimum atomic E-state index is -0.215. The number of benzene rings is 1. The summed E-state index contributed by atoms with van der Waals surface area (Å²) in [6.45, 7) is 2.63. The Balaban J connectivity index is 1.17. The number of aromatic nitrogens is 3. The minimum absolute atomic E-state index is 0.113. The molecule has 192 valence electrons. The Morgan fingerprint density at radius 1 is 1.27 bits per heavy atom. The zero-order valence-electron chi connectivity index (χ0n) is 21.0. The molecule has 0 spiro atoms. The summed E-state index contributed by atoms with van der Waals surface area (Å²) < 4.78 is 11.6. The zero-order chi connectivity index (χ0) is 25.6. The van der Waals surface area contributed by atoms with Crippen molar-refractivity contribution in [2.24, 2.45) is 0 Å². The predicted octanol–water partition coefficient (Wildman–Crippen LogP) is 3.03. The Bertz CT molecular complexity index is 1270. The molecule has 2 aromatic heterocycles. The topological polar surface area (TPSA) is 108 Å². The van der Waals surface area contributed by atoms with E-state index in [9.17, 15) is 4.79 Å². The van der Waals surface area contributed by atoms with Crippen LogP contribution in [0.2, 0.25) is 0 Å². The molecule has 1 aromatic carbocycles. The predicted molar refractivity (Wildman–Crippen MR) is 140 cm³/mol. The van der Waals surface area contributed by atoms with Crippen LogP contribution in [0.25, 0.3) is 5.57 Å². The molecule has 0 aliphatic carbocycles. The summed E-state index contributed by atoms with van der Waals surface area (Å²) in [4.78, 5) is 19.2. The lowest BCUT2D eigenvalue weighted by atomic mass is 10.0. The number of hydrogen-bond donors (Lipinski definition) is 3. The fraction of sp³-hybridized carbons (Fsp3) is 0.296. The molecular weight excluding hydrogens is 470 g/mol. The number of nitrogens with one attached hydrogen (secondary N) is 3. The van der Waals surface area contributed by atoms with Gasteiger partial charge in [-0.1, -0.05) is 12.1 Å². The molecule has 0 radical (unpaired) electrons. The first-order chi connectivity index (χ1) is 18.1. The number of amides is 1. The Kier molecular flexibility index (Phi) is 7.48. The summed E-state index contributed by atoms with van der Waals surface area (Å²) in [5.41, 5.74) is 7.08. The maximum absolute atomic E-state index is 12.8. The van der Waals surface area contributed by atoms with Crippen molar-refractivity contribution in [1.82, 2.24) is 30.5 Å². The van der Waals surface area contributed by atoms with E-state index in [1.165, 1.54) is 0 Å². The number of nitrogens with zero attached hydrogens (tertiary/aromatic N) is 4. The summed E-state index contributed by atoms with van der Waals surface area (Å²) in [5, 5.41) is 11.8. The number of pyridine rings is 1. The number of hydrogen-bond acceptors (Lipinski definition) is 8. The Labute approximate surface area is 215 Å². The lowest BCUT2D eigenvalue weighted by molar-refractivity contribution is 0.102. The van der Waals surface area contributed by atoms with Crippen LogP contribution in [0.3, 0.4) is 0 Å². The number of carbonyl (C=O) groups is 1. The third-order valence-electron chi connectivity index (χ3n) is 6.20. The van der Waals surface area contributed by atoms with Crippen molar-refractivity contribution in [2.45, 2.75) is 19.0 Å². The van der Waals surface area contributed by atoms with Crippen LogP contribution in [0.1, 0.15) is 27.9 Å². The van der Waals surface area contributed by atoms with E-state index in [2.05, 4.69) is 30.9 Å². The first-order valence-electron chi connectivity index (χ1n) is 12.3. The molecule has 0 bridgehead atoms. The molecule has 1 saturated heterocycles. The SMILES string of the molecule is CN(C)CCOc1ccc(NC(=O)c2cccc(CNN3C=CC(c4cn[nH]c4)=C4OCCC43)c2)nc1. The van der Waals surface area contributed by atoms with Crippen molar-refractivity contribution < 1.29 is 14.3 Å². The molecule has 4 heterocycles. The number of hydrazine groups is 1. The van der Waals surface area contributed by atoms with Gasteiger partial charge in [0.15, 0.2) is 0 Å². The highest BCUT2D eigenvalue weighted by Gasteiger charge is 2.33. The monoisotopic (exact) mass is 501 g/mol. The van der Waals surface area contributed by atoms with Crippen molar-refractivity contribution in [3.8, 4) is 5.75 Å². The van der Waals surface area contributed by atoms with E-state index in [-0.39, 0.29) is 11.9 Å². The number of fused-ring (bicyclic) bond motifs is 1. The molecule has 10 nitrogen and oxygen atoms in total. The summed E-state index contributed by atoms with van der Waals surface area (Å²) in [7, 11) is 3.98. The minimum Gasteiger partial charge on any atom is -0.495 e. The van der Waals surface area contributed by atoms with Crippen LogP contribution in [-0.4, -0.2) is 70.9 Å². The van der Waals surface area contributed by atoms with E-state index >= 15 is 0 Å². The van der Waals surface area contributed by atoms with Gasteiger partial charge in [-0.15, -0.1) is 0 Å². The molecule has 0 saturated carbocycles. The number of aromatic amines is 1. The van der Waals surface area contributed by atoms with Crippen molar-refractivity contribution in [3.63, 3.8) is 0 Å². The van der Waals surface area contributed by atoms with E-state index < -0.39 is 0 Å². The second kappa shape index (κ2) is 11.3. The summed E-state index contributed by atoms with van der Waals surface area (Å²) in [6, 6.07) is 11.2. The highest BCUT2D eigenvalue weighted by atomic mass is 16.5. The van der Waals surface area contributed by atoms with Gasteiger partial charge in [-0.3, -0.25) is 9.89 Å². The number of allylic oxidation sites excluding steroid dienone is 2. The van der Waals surface area contributed by atoms with Crippen LogP contribution in [-0.2, 0) is 11.3 Å². The summed E-state index contributed by atoms with van der Waals surface area (Å²) in [6.07, 6.45) is 10.2. The van der Waals surface area contributed by atoms with Crippen molar-refractivity contribution in [1.29, 1.82) is 0 Å². The molecule has 1 fully saturated rings. The highest BCUT2D eigenvalue weighted by molar-refractivity contribution is 6.03. The van der Waals surface area contributed by atoms with Crippen molar-refractivity contribution in [2.75, 3.05) is 39.2 Å². The number of likely N-dealkylation sites (N-methyl/N-ethyl adjacent to an activating group) is 1. The van der Waals surface area contributed by atoms with Gasteiger partial charge in [-0.25, -0.2) is 10.4 Å². The van der Waals surface area contributed by atoms with Crippen molar-refractivity contribution >= 4 is 17.3 Å². The van der Waals surface area contributed by atoms with Crippen LogP contribution in [0.5, 0.6) is 5.75 Å². The van der Waals surface area contributed by atoms with E-state index in [0.29, 0.717) is 36.9 Å². The van der Waals surface area contributed by atoms with Gasteiger partial charge in [-0.2, -0.15) is 5.10 Å². The van der Waals surface area contributed by atoms with Gasteiger partial charge < -0.3 is 24.7 Å². The van der Waals surface area contributed by atoms with E-state index in [1.54, 1.807) is 30.6 Å². The molecule has 1 amide bonds. The molecular formula is C27H31N7O3. The Morgan fingerprint density at radius 2 is 2.19 bits per heavy atom. The summed E-state index contributed by atoms with van der Waals surface area (Å²) >= 11 is 0. The molecule has 37 heavy (non-hydrogen) atoms. The van der Waals surface area contributed by atoms with Gasteiger partial charge in [0.25, 0.3) is 5.91 Å².